The fourth-order valence-electron chi connectivity index (χ4n) is 3.42. The Morgan fingerprint density at radius 1 is 1.29 bits per heavy atom. The number of hydrogen-bond acceptors (Lipinski definition) is 6. The van der Waals surface area contributed by atoms with E-state index < -0.39 is 30.2 Å². The van der Waals surface area contributed by atoms with Crippen molar-refractivity contribution in [1.29, 1.82) is 0 Å². The molecule has 0 fully saturated rings. The number of nitrogens with two attached hydrogens (primary N) is 1. The minimum atomic E-state index is -4.28. The fourth-order valence-corrected chi connectivity index (χ4v) is 3.42. The van der Waals surface area contributed by atoms with Crippen molar-refractivity contribution in [2.24, 2.45) is 0 Å². The third kappa shape index (κ3) is 5.33. The molecule has 168 valence electrons. The Labute approximate surface area is 177 Å². The van der Waals surface area contributed by atoms with Crippen molar-refractivity contribution in [3.8, 4) is 11.4 Å². The Hall–Kier alpha value is -3.11. The van der Waals surface area contributed by atoms with Crippen LogP contribution in [0.2, 0.25) is 0 Å². The molecule has 0 aromatic carbocycles. The molecule has 3 heterocycles. The van der Waals surface area contributed by atoms with E-state index in [4.69, 9.17) is 10.5 Å². The fraction of sp³-hybridized carbons (Fsp3) is 0.500. The second-order valence-electron chi connectivity index (χ2n) is 8.25. The van der Waals surface area contributed by atoms with Gasteiger partial charge in [0.15, 0.2) is 0 Å². The standard InChI is InChI=1S/C20H24F3N5O3/c1-19(2,3)31-18(30)28-10-6-14-12(16(28)29)11-15(13-5-8-25-17(24)26-13)27(14)9-4-7-20(21,22)23/h5,8,11H,4,6-7,9-10H2,1-3H3,(H2,24,25,26). The van der Waals surface area contributed by atoms with Gasteiger partial charge in [-0.2, -0.15) is 13.2 Å². The van der Waals surface area contributed by atoms with E-state index >= 15 is 0 Å². The second-order valence-corrected chi connectivity index (χ2v) is 8.25. The minimum absolute atomic E-state index is 0.000205. The molecule has 31 heavy (non-hydrogen) atoms. The highest BCUT2D eigenvalue weighted by Crippen LogP contribution is 2.31. The summed E-state index contributed by atoms with van der Waals surface area (Å²) in [5.74, 6) is -0.562. The van der Waals surface area contributed by atoms with Crippen molar-refractivity contribution in [2.45, 2.75) is 58.4 Å². The molecular weight excluding hydrogens is 415 g/mol. The topological polar surface area (TPSA) is 103 Å². The average molecular weight is 439 g/mol. The number of hydrogen-bond donors (Lipinski definition) is 1. The molecule has 2 amide bonds. The van der Waals surface area contributed by atoms with Crippen LogP contribution >= 0.6 is 0 Å². The number of imide groups is 1. The van der Waals surface area contributed by atoms with Crippen LogP contribution in [-0.2, 0) is 17.7 Å². The number of carbonyl (C=O) groups excluding carboxylic acids is 2. The van der Waals surface area contributed by atoms with E-state index in [2.05, 4.69) is 9.97 Å². The normalized spacial score (nSPS) is 14.5. The van der Waals surface area contributed by atoms with Gasteiger partial charge in [-0.3, -0.25) is 4.79 Å². The third-order valence-electron chi connectivity index (χ3n) is 4.65. The highest BCUT2D eigenvalue weighted by molar-refractivity contribution is 6.05. The van der Waals surface area contributed by atoms with Crippen molar-refractivity contribution in [1.82, 2.24) is 19.4 Å². The number of nitrogens with zero attached hydrogens (tertiary/aromatic N) is 4. The zero-order chi connectivity index (χ0) is 23.0. The van der Waals surface area contributed by atoms with Crippen LogP contribution < -0.4 is 5.73 Å². The first-order chi connectivity index (χ1) is 14.4. The molecule has 11 heteroatoms. The zero-order valence-corrected chi connectivity index (χ0v) is 17.5. The number of nitrogen functional groups attached to an aromatic ring is 1. The number of amides is 2. The Bertz CT molecular complexity index is 995. The molecule has 0 atom stereocenters. The summed E-state index contributed by atoms with van der Waals surface area (Å²) in [6.45, 7) is 5.18. The number of ether oxygens (including phenoxy) is 1. The summed E-state index contributed by atoms with van der Waals surface area (Å²) in [4.78, 5) is 34.4. The first-order valence-electron chi connectivity index (χ1n) is 9.78. The van der Waals surface area contributed by atoms with Gasteiger partial charge in [-0.15, -0.1) is 0 Å². The van der Waals surface area contributed by atoms with Crippen LogP contribution in [0.1, 0.15) is 49.7 Å². The lowest BCUT2D eigenvalue weighted by atomic mass is 10.1. The quantitative estimate of drug-likeness (QED) is 0.777. The van der Waals surface area contributed by atoms with Crippen LogP contribution in [0.5, 0.6) is 0 Å². The highest BCUT2D eigenvalue weighted by Gasteiger charge is 2.35. The average Bonchev–Trinajstić information content (AvgIpc) is 2.99. The smallest absolute Gasteiger partial charge is 0.417 e. The first-order valence-corrected chi connectivity index (χ1v) is 9.78. The van der Waals surface area contributed by atoms with Crippen molar-refractivity contribution >= 4 is 17.9 Å². The summed E-state index contributed by atoms with van der Waals surface area (Å²) in [5, 5.41) is 0. The van der Waals surface area contributed by atoms with E-state index in [1.807, 2.05) is 0 Å². The van der Waals surface area contributed by atoms with E-state index in [-0.39, 0.29) is 37.4 Å². The summed E-state index contributed by atoms with van der Waals surface area (Å²) in [6.07, 6.45) is -4.45. The third-order valence-corrected chi connectivity index (χ3v) is 4.65. The van der Waals surface area contributed by atoms with Crippen LogP contribution in [0.25, 0.3) is 11.4 Å². The van der Waals surface area contributed by atoms with E-state index in [1.54, 1.807) is 31.4 Å². The number of rotatable bonds is 4. The van der Waals surface area contributed by atoms with Crippen LogP contribution in [0.4, 0.5) is 23.9 Å². The predicted molar refractivity (Wildman–Crippen MR) is 106 cm³/mol. The van der Waals surface area contributed by atoms with Crippen molar-refractivity contribution in [2.75, 3.05) is 12.3 Å². The molecule has 2 N–H and O–H groups in total. The van der Waals surface area contributed by atoms with Crippen LogP contribution in [0.15, 0.2) is 18.3 Å². The summed E-state index contributed by atoms with van der Waals surface area (Å²) in [5.41, 5.74) is 6.50. The van der Waals surface area contributed by atoms with Gasteiger partial charge in [0, 0.05) is 37.8 Å². The van der Waals surface area contributed by atoms with Crippen molar-refractivity contribution < 1.29 is 27.5 Å². The molecule has 2 aromatic rings. The molecule has 0 radical (unpaired) electrons. The number of anilines is 1. The maximum absolute atomic E-state index is 13.0. The van der Waals surface area contributed by atoms with Crippen LogP contribution in [0, 0.1) is 0 Å². The van der Waals surface area contributed by atoms with Gasteiger partial charge in [0.05, 0.1) is 17.0 Å². The van der Waals surface area contributed by atoms with E-state index in [1.165, 1.54) is 12.3 Å². The van der Waals surface area contributed by atoms with Gasteiger partial charge in [-0.05, 0) is 39.3 Å². The summed E-state index contributed by atoms with van der Waals surface area (Å²) < 4.78 is 45.0. The van der Waals surface area contributed by atoms with Gasteiger partial charge in [0.1, 0.15) is 5.60 Å². The Balaban J connectivity index is 1.97. The maximum atomic E-state index is 13.0. The van der Waals surface area contributed by atoms with Crippen molar-refractivity contribution in [3.63, 3.8) is 0 Å². The zero-order valence-electron chi connectivity index (χ0n) is 17.5. The molecule has 0 saturated carbocycles. The predicted octanol–water partition coefficient (Wildman–Crippen LogP) is 3.80. The molecule has 1 aliphatic rings. The molecule has 0 bridgehead atoms. The van der Waals surface area contributed by atoms with Gasteiger partial charge in [-0.1, -0.05) is 0 Å². The number of aromatic nitrogens is 3. The molecule has 0 unspecified atom stereocenters. The number of halogens is 3. The lowest BCUT2D eigenvalue weighted by molar-refractivity contribution is -0.135. The maximum Gasteiger partial charge on any atom is 0.417 e. The lowest BCUT2D eigenvalue weighted by Crippen LogP contribution is -2.44. The van der Waals surface area contributed by atoms with Gasteiger partial charge in [-0.25, -0.2) is 19.7 Å². The van der Waals surface area contributed by atoms with Crippen LogP contribution in [-0.4, -0.2) is 49.8 Å². The monoisotopic (exact) mass is 439 g/mol. The molecule has 0 saturated heterocycles. The number of alkyl halides is 3. The van der Waals surface area contributed by atoms with Gasteiger partial charge in [0.25, 0.3) is 5.91 Å². The van der Waals surface area contributed by atoms with Gasteiger partial charge in [0.2, 0.25) is 5.95 Å². The van der Waals surface area contributed by atoms with E-state index in [9.17, 15) is 22.8 Å². The molecule has 0 aliphatic carbocycles. The molecule has 1 aliphatic heterocycles. The summed E-state index contributed by atoms with van der Waals surface area (Å²) >= 11 is 0. The summed E-state index contributed by atoms with van der Waals surface area (Å²) in [7, 11) is 0. The molecular formula is C20H24F3N5O3. The van der Waals surface area contributed by atoms with Crippen molar-refractivity contribution in [3.05, 3.63) is 29.6 Å². The minimum Gasteiger partial charge on any atom is -0.443 e. The molecule has 8 nitrogen and oxygen atoms in total. The highest BCUT2D eigenvalue weighted by atomic mass is 19.4. The SMILES string of the molecule is CC(C)(C)OC(=O)N1CCc2c(cc(-c3ccnc(N)n3)n2CCCC(F)(F)F)C1=O. The van der Waals surface area contributed by atoms with Gasteiger partial charge >= 0.3 is 12.3 Å². The van der Waals surface area contributed by atoms with Crippen LogP contribution in [0.3, 0.4) is 0 Å². The molecule has 3 rings (SSSR count). The second kappa shape index (κ2) is 8.20. The first kappa shape index (κ1) is 22.6. The lowest BCUT2D eigenvalue weighted by Gasteiger charge is -2.29. The molecule has 0 spiro atoms. The molecule has 2 aromatic heterocycles. The number of carbonyl (C=O) groups is 2. The van der Waals surface area contributed by atoms with E-state index in [0.717, 1.165) is 4.90 Å². The van der Waals surface area contributed by atoms with E-state index in [0.29, 0.717) is 17.1 Å². The largest absolute Gasteiger partial charge is 0.443 e. The summed E-state index contributed by atoms with van der Waals surface area (Å²) in [6, 6.07) is 3.09. The number of fused-ring (bicyclic) bond motifs is 1. The Morgan fingerprint density at radius 3 is 2.61 bits per heavy atom. The Kier molecular flexibility index (Phi) is 5.97. The van der Waals surface area contributed by atoms with Gasteiger partial charge < -0.3 is 15.0 Å². The Morgan fingerprint density at radius 2 is 2.00 bits per heavy atom.